The summed E-state index contributed by atoms with van der Waals surface area (Å²) in [7, 11) is 2.75. The van der Waals surface area contributed by atoms with Gasteiger partial charge in [0.05, 0.1) is 32.2 Å². The first-order valence-electron chi connectivity index (χ1n) is 14.7. The van der Waals surface area contributed by atoms with Crippen molar-refractivity contribution in [3.8, 4) is 45.6 Å². The molecule has 0 spiro atoms. The lowest BCUT2D eigenvalue weighted by Crippen LogP contribution is -2.11. The van der Waals surface area contributed by atoms with E-state index in [2.05, 4.69) is 14.8 Å². The Bertz CT molecular complexity index is 2210. The molecule has 15 heteroatoms. The number of methoxy groups -OCH3 is 2. The average Bonchev–Trinajstić information content (AvgIpc) is 3.79. The van der Waals surface area contributed by atoms with Gasteiger partial charge in [0.1, 0.15) is 23.1 Å². The lowest BCUT2D eigenvalue weighted by molar-refractivity contribution is -0.141. The molecule has 0 aliphatic heterocycles. The molecule has 2 heterocycles. The first-order valence-corrected chi connectivity index (χ1v) is 14.7. The van der Waals surface area contributed by atoms with Gasteiger partial charge >= 0.3 is 12.4 Å². The van der Waals surface area contributed by atoms with Gasteiger partial charge in [-0.1, -0.05) is 66.7 Å². The van der Waals surface area contributed by atoms with E-state index in [4.69, 9.17) is 21.8 Å². The third-order valence-electron chi connectivity index (χ3n) is 7.33. The van der Waals surface area contributed by atoms with Crippen LogP contribution in [0.25, 0.3) is 39.0 Å². The van der Waals surface area contributed by atoms with E-state index in [1.807, 2.05) is 0 Å². The minimum absolute atomic E-state index is 0.100. The van der Waals surface area contributed by atoms with Gasteiger partial charge in [0.15, 0.2) is 17.1 Å². The molecule has 4 aromatic carbocycles. The molecule has 0 saturated heterocycles. The van der Waals surface area contributed by atoms with Crippen molar-refractivity contribution in [2.24, 2.45) is 5.73 Å². The minimum Gasteiger partial charge on any atom is -0.496 e. The number of rotatable bonds is 7. The molecule has 1 amide bonds. The highest BCUT2D eigenvalue weighted by Gasteiger charge is 2.36. The molecule has 2 aromatic heterocycles. The average molecular weight is 705 g/mol. The molecule has 0 unspecified atom stereocenters. The van der Waals surface area contributed by atoms with Crippen molar-refractivity contribution in [1.82, 2.24) is 19.1 Å². The molecule has 0 atom stereocenters. The summed E-state index contributed by atoms with van der Waals surface area (Å²) in [6, 6.07) is 25.8. The Hall–Kier alpha value is -6.56. The maximum Gasteiger partial charge on any atom is 0.434 e. The Balaban J connectivity index is 0.000000198. The number of aromatic nitrogens is 4. The normalized spacial score (nSPS) is 11.3. The zero-order valence-corrected chi connectivity index (χ0v) is 26.7. The van der Waals surface area contributed by atoms with E-state index in [1.54, 1.807) is 66.7 Å². The predicted octanol–water partition coefficient (Wildman–Crippen LogP) is 8.78. The number of amides is 1. The molecule has 6 aromatic rings. The van der Waals surface area contributed by atoms with Crippen LogP contribution in [0.4, 0.5) is 32.0 Å². The fourth-order valence-corrected chi connectivity index (χ4v) is 4.95. The van der Waals surface area contributed by atoms with Gasteiger partial charge in [-0.25, -0.2) is 14.8 Å². The zero-order chi connectivity index (χ0) is 36.9. The van der Waals surface area contributed by atoms with Gasteiger partial charge in [0.2, 0.25) is 5.91 Å². The topological polar surface area (TPSA) is 102 Å². The Morgan fingerprint density at radius 1 is 0.686 bits per heavy atom. The van der Waals surface area contributed by atoms with Gasteiger partial charge in [-0.3, -0.25) is 13.9 Å². The van der Waals surface area contributed by atoms with Gasteiger partial charge in [-0.2, -0.15) is 26.3 Å². The van der Waals surface area contributed by atoms with E-state index >= 15 is 0 Å². The number of ether oxygens (including phenoxy) is 2. The first-order chi connectivity index (χ1) is 24.2. The second-order valence-electron chi connectivity index (χ2n) is 10.6. The quantitative estimate of drug-likeness (QED) is 0.132. The van der Waals surface area contributed by atoms with Crippen LogP contribution in [0.15, 0.2) is 109 Å². The number of nitrogens with zero attached hydrogens (tertiary/aromatic N) is 5. The third kappa shape index (κ3) is 7.86. The highest BCUT2D eigenvalue weighted by Crippen LogP contribution is 2.37. The Morgan fingerprint density at radius 2 is 1.12 bits per heavy atom. The summed E-state index contributed by atoms with van der Waals surface area (Å²) >= 11 is 0. The van der Waals surface area contributed by atoms with Crippen molar-refractivity contribution in [3.63, 3.8) is 0 Å². The standard InChI is InChI=1S/C18H14F3N3O2.C18H12F3N3O/c1-26-14-9-12(16(22)25)7-8-13(14)24-10-15(18(19,20)21)23-17(24)11-5-3-2-4-6-11;1-22-13-8-9-14(15(10-13)25-2)24-11-16(18(19,20)21)23-17(24)12-6-4-3-5-7-12/h2-10H,1H3,(H2,22,25);3-11H,2H3. The van der Waals surface area contributed by atoms with Crippen LogP contribution in [-0.4, -0.2) is 39.2 Å². The van der Waals surface area contributed by atoms with Crippen molar-refractivity contribution < 1.29 is 40.6 Å². The van der Waals surface area contributed by atoms with E-state index in [0.717, 1.165) is 12.4 Å². The number of halogens is 6. The minimum atomic E-state index is -4.60. The third-order valence-corrected chi connectivity index (χ3v) is 7.33. The van der Waals surface area contributed by atoms with Crippen molar-refractivity contribution >= 4 is 11.6 Å². The number of hydrogen-bond donors (Lipinski definition) is 1. The number of benzene rings is 4. The summed E-state index contributed by atoms with van der Waals surface area (Å²) < 4.78 is 92.2. The number of nitrogens with two attached hydrogens (primary N) is 1. The van der Waals surface area contributed by atoms with Crippen LogP contribution in [0.5, 0.6) is 11.5 Å². The summed E-state index contributed by atoms with van der Waals surface area (Å²) in [6.45, 7) is 7.05. The van der Waals surface area contributed by atoms with E-state index in [0.29, 0.717) is 28.2 Å². The molecule has 0 fully saturated rings. The van der Waals surface area contributed by atoms with Crippen LogP contribution in [0.3, 0.4) is 0 Å². The van der Waals surface area contributed by atoms with E-state index in [1.165, 1.54) is 53.7 Å². The van der Waals surface area contributed by atoms with Crippen LogP contribution in [0.2, 0.25) is 0 Å². The van der Waals surface area contributed by atoms with Gasteiger partial charge in [-0.15, -0.1) is 0 Å². The Labute approximate surface area is 287 Å². The molecule has 51 heavy (non-hydrogen) atoms. The molecule has 6 rings (SSSR count). The predicted molar refractivity (Wildman–Crippen MR) is 176 cm³/mol. The second kappa shape index (κ2) is 14.5. The summed E-state index contributed by atoms with van der Waals surface area (Å²) in [4.78, 5) is 22.2. The van der Waals surface area contributed by atoms with Crippen molar-refractivity contribution in [2.45, 2.75) is 12.4 Å². The summed E-state index contributed by atoms with van der Waals surface area (Å²) in [5.41, 5.74) is 5.45. The summed E-state index contributed by atoms with van der Waals surface area (Å²) in [5.74, 6) is 0.0611. The number of carbonyl (C=O) groups is 1. The molecule has 9 nitrogen and oxygen atoms in total. The molecule has 0 saturated carbocycles. The lowest BCUT2D eigenvalue weighted by Gasteiger charge is -2.13. The summed E-state index contributed by atoms with van der Waals surface area (Å²) in [5, 5.41) is 0. The number of imidazole rings is 2. The van der Waals surface area contributed by atoms with Crippen molar-refractivity contribution in [2.75, 3.05) is 14.2 Å². The van der Waals surface area contributed by atoms with Crippen LogP contribution in [-0.2, 0) is 12.4 Å². The van der Waals surface area contributed by atoms with E-state index in [9.17, 15) is 31.1 Å². The van der Waals surface area contributed by atoms with Gasteiger partial charge in [-0.05, 0) is 30.3 Å². The first kappa shape index (κ1) is 35.7. The molecule has 2 N–H and O–H groups in total. The van der Waals surface area contributed by atoms with E-state index < -0.39 is 29.6 Å². The lowest BCUT2D eigenvalue weighted by atomic mass is 10.1. The second-order valence-corrected chi connectivity index (χ2v) is 10.6. The maximum absolute atomic E-state index is 13.2. The van der Waals surface area contributed by atoms with Crippen LogP contribution < -0.4 is 15.2 Å². The Morgan fingerprint density at radius 3 is 1.51 bits per heavy atom. The highest BCUT2D eigenvalue weighted by atomic mass is 19.4. The molecular formula is C36H26F6N6O3. The fourth-order valence-electron chi connectivity index (χ4n) is 4.95. The van der Waals surface area contributed by atoms with Crippen molar-refractivity contribution in [1.29, 1.82) is 0 Å². The summed E-state index contributed by atoms with van der Waals surface area (Å²) in [6.07, 6.45) is -7.35. The Kier molecular flexibility index (Phi) is 10.2. The highest BCUT2D eigenvalue weighted by molar-refractivity contribution is 5.93. The molecule has 0 radical (unpaired) electrons. The van der Waals surface area contributed by atoms with Gasteiger partial charge in [0, 0.05) is 29.1 Å². The fraction of sp³-hybridized carbons (Fsp3) is 0.111. The largest absolute Gasteiger partial charge is 0.496 e. The van der Waals surface area contributed by atoms with Crippen LogP contribution in [0, 0.1) is 6.57 Å². The smallest absolute Gasteiger partial charge is 0.434 e. The number of carbonyl (C=O) groups excluding carboxylic acids is 1. The number of alkyl halides is 6. The number of primary amides is 1. The molecule has 0 aliphatic carbocycles. The maximum atomic E-state index is 13.2. The number of hydrogen-bond acceptors (Lipinski definition) is 5. The SMILES string of the molecule is COc1cc(C(N)=O)ccc1-n1cc(C(F)(F)F)nc1-c1ccccc1.[C-]#[N+]c1ccc(-n2cc(C(F)(F)F)nc2-c2ccccc2)c(OC)c1. The molecule has 0 aliphatic rings. The van der Waals surface area contributed by atoms with Crippen LogP contribution in [0.1, 0.15) is 21.7 Å². The van der Waals surface area contributed by atoms with Gasteiger partial charge < -0.3 is 15.2 Å². The zero-order valence-electron chi connectivity index (χ0n) is 26.7. The monoisotopic (exact) mass is 704 g/mol. The van der Waals surface area contributed by atoms with E-state index in [-0.39, 0.29) is 28.7 Å². The van der Waals surface area contributed by atoms with Crippen molar-refractivity contribution in [3.05, 3.63) is 138 Å². The van der Waals surface area contributed by atoms with Gasteiger partial charge in [0.25, 0.3) is 0 Å². The molecule has 0 bridgehead atoms. The molecule has 260 valence electrons. The van der Waals surface area contributed by atoms with Crippen LogP contribution >= 0.6 is 0 Å². The molecular weight excluding hydrogens is 678 g/mol.